The first-order valence-electron chi connectivity index (χ1n) is 11.3. The number of H-pyrrole nitrogens is 2. The molecule has 9 heteroatoms. The van der Waals surface area contributed by atoms with Gasteiger partial charge < -0.3 is 20.0 Å². The zero-order valence-electron chi connectivity index (χ0n) is 18.4. The van der Waals surface area contributed by atoms with Crippen molar-refractivity contribution in [2.24, 2.45) is 0 Å². The van der Waals surface area contributed by atoms with Crippen LogP contribution >= 0.6 is 23.1 Å². The van der Waals surface area contributed by atoms with Gasteiger partial charge in [0.05, 0.1) is 33.5 Å². The molecule has 172 valence electrons. The summed E-state index contributed by atoms with van der Waals surface area (Å²) in [4.78, 5) is 37.8. The van der Waals surface area contributed by atoms with Crippen LogP contribution in [0.15, 0.2) is 63.2 Å². The Kier molecular flexibility index (Phi) is 5.30. The molecule has 0 bridgehead atoms. The molecule has 0 saturated carbocycles. The van der Waals surface area contributed by atoms with E-state index in [1.807, 2.05) is 30.5 Å². The van der Waals surface area contributed by atoms with E-state index < -0.39 is 5.97 Å². The average Bonchev–Trinajstić information content (AvgIpc) is 3.56. The number of anilines is 1. The number of fused-ring (bicyclic) bond motifs is 2. The van der Waals surface area contributed by atoms with Crippen molar-refractivity contribution in [2.75, 3.05) is 11.9 Å². The van der Waals surface area contributed by atoms with E-state index in [1.54, 1.807) is 30.0 Å². The Morgan fingerprint density at radius 1 is 1.24 bits per heavy atom. The highest BCUT2D eigenvalue weighted by Gasteiger charge is 2.38. The molecule has 0 radical (unpaired) electrons. The second-order valence-corrected chi connectivity index (χ2v) is 10.7. The molecule has 0 saturated heterocycles. The van der Waals surface area contributed by atoms with E-state index in [0.29, 0.717) is 18.7 Å². The van der Waals surface area contributed by atoms with Crippen molar-refractivity contribution < 1.29 is 14.3 Å². The van der Waals surface area contributed by atoms with Crippen LogP contribution in [-0.4, -0.2) is 33.3 Å². The molecule has 1 aliphatic carbocycles. The van der Waals surface area contributed by atoms with Crippen LogP contribution in [0.5, 0.6) is 0 Å². The normalized spacial score (nSPS) is 17.4. The molecule has 0 spiro atoms. The fourth-order valence-corrected chi connectivity index (χ4v) is 6.90. The van der Waals surface area contributed by atoms with E-state index in [2.05, 4.69) is 32.4 Å². The fourth-order valence-electron chi connectivity index (χ4n) is 4.71. The summed E-state index contributed by atoms with van der Waals surface area (Å²) in [6.45, 7) is 2.09. The number of ether oxygens (including phenoxy) is 1. The Hall–Kier alpha value is -3.30. The molecule has 3 N–H and O–H groups in total. The summed E-state index contributed by atoms with van der Waals surface area (Å²) >= 11 is 3.23. The first-order valence-corrected chi connectivity index (χ1v) is 12.9. The van der Waals surface area contributed by atoms with Crippen LogP contribution in [0.4, 0.5) is 5.69 Å². The Morgan fingerprint density at radius 2 is 2.12 bits per heavy atom. The average molecular weight is 491 g/mol. The van der Waals surface area contributed by atoms with Crippen molar-refractivity contribution in [2.45, 2.75) is 41.5 Å². The molecular weight excluding hydrogens is 468 g/mol. The summed E-state index contributed by atoms with van der Waals surface area (Å²) in [5.74, 6) is -0.440. The zero-order chi connectivity index (χ0) is 23.2. The standard InChI is InChI=1S/C25H22N4O3S2/c1-2-32-24(31)23-22-13(12-26-23)20(21-16(27-22)8-5-9-17(21)30)18-10-11-19(33-18)34-25-28-14-6-3-4-7-15(14)29-25/h3-4,6-7,10-12,20,26-27H,2,5,8-9H2,1H3,(H,28,29). The molecule has 0 amide bonds. The van der Waals surface area contributed by atoms with E-state index >= 15 is 0 Å². The van der Waals surface area contributed by atoms with Gasteiger partial charge in [-0.1, -0.05) is 12.1 Å². The number of hydrogen-bond donors (Lipinski definition) is 3. The molecule has 1 aliphatic heterocycles. The summed E-state index contributed by atoms with van der Waals surface area (Å²) in [5.41, 5.74) is 5.70. The monoisotopic (exact) mass is 490 g/mol. The summed E-state index contributed by atoms with van der Waals surface area (Å²) in [5, 5.41) is 4.22. The van der Waals surface area contributed by atoms with Gasteiger partial charge in [-0.25, -0.2) is 9.78 Å². The smallest absolute Gasteiger partial charge is 0.356 e. The predicted molar refractivity (Wildman–Crippen MR) is 133 cm³/mol. The number of esters is 1. The van der Waals surface area contributed by atoms with Gasteiger partial charge in [0.25, 0.3) is 0 Å². The van der Waals surface area contributed by atoms with E-state index in [-0.39, 0.29) is 11.7 Å². The van der Waals surface area contributed by atoms with Gasteiger partial charge in [-0.3, -0.25) is 4.79 Å². The van der Waals surface area contributed by atoms with Crippen LogP contribution in [0.3, 0.4) is 0 Å². The number of hydrogen-bond acceptors (Lipinski definition) is 7. The van der Waals surface area contributed by atoms with Crippen molar-refractivity contribution in [1.82, 2.24) is 15.0 Å². The van der Waals surface area contributed by atoms with Gasteiger partial charge in [0.1, 0.15) is 5.69 Å². The van der Waals surface area contributed by atoms with E-state index in [1.165, 1.54) is 0 Å². The largest absolute Gasteiger partial charge is 0.461 e. The van der Waals surface area contributed by atoms with Gasteiger partial charge in [-0.15, -0.1) is 11.3 Å². The topological polar surface area (TPSA) is 99.9 Å². The molecule has 1 atom stereocenters. The maximum absolute atomic E-state index is 13.0. The van der Waals surface area contributed by atoms with Crippen LogP contribution in [0.25, 0.3) is 11.0 Å². The third-order valence-corrected chi connectivity index (χ3v) is 8.34. The number of aromatic amines is 2. The van der Waals surface area contributed by atoms with Gasteiger partial charge in [0, 0.05) is 34.3 Å². The lowest BCUT2D eigenvalue weighted by molar-refractivity contribution is -0.116. The number of allylic oxidation sites excluding steroid dienone is 2. The van der Waals surface area contributed by atoms with Crippen LogP contribution in [-0.2, 0) is 9.53 Å². The lowest BCUT2D eigenvalue weighted by atomic mass is 9.79. The highest BCUT2D eigenvalue weighted by molar-refractivity contribution is 8.01. The van der Waals surface area contributed by atoms with Gasteiger partial charge in [-0.2, -0.15) is 0 Å². The van der Waals surface area contributed by atoms with Gasteiger partial charge in [0.2, 0.25) is 0 Å². The summed E-state index contributed by atoms with van der Waals surface area (Å²) in [6, 6.07) is 12.1. The number of nitrogens with one attached hydrogen (secondary N) is 3. The van der Waals surface area contributed by atoms with E-state index in [9.17, 15) is 9.59 Å². The summed E-state index contributed by atoms with van der Waals surface area (Å²) < 4.78 is 6.33. The van der Waals surface area contributed by atoms with Crippen LogP contribution in [0.2, 0.25) is 0 Å². The molecule has 34 heavy (non-hydrogen) atoms. The predicted octanol–water partition coefficient (Wildman–Crippen LogP) is 5.84. The maximum Gasteiger partial charge on any atom is 0.356 e. The number of nitrogens with zero attached hydrogens (tertiary/aromatic N) is 1. The Labute approximate surface area is 204 Å². The van der Waals surface area contributed by atoms with Crippen molar-refractivity contribution in [3.05, 3.63) is 70.0 Å². The van der Waals surface area contributed by atoms with Gasteiger partial charge >= 0.3 is 5.97 Å². The Morgan fingerprint density at radius 3 is 2.97 bits per heavy atom. The molecule has 4 heterocycles. The van der Waals surface area contributed by atoms with Crippen molar-refractivity contribution in [3.63, 3.8) is 0 Å². The first kappa shape index (κ1) is 21.2. The van der Waals surface area contributed by atoms with Crippen LogP contribution in [0, 0.1) is 0 Å². The molecule has 2 aliphatic rings. The first-order chi connectivity index (χ1) is 16.6. The molecular formula is C25H22N4O3S2. The number of carbonyl (C=O) groups excluding carboxylic acids is 2. The maximum atomic E-state index is 13.0. The minimum atomic E-state index is -0.395. The third kappa shape index (κ3) is 3.56. The third-order valence-electron chi connectivity index (χ3n) is 6.17. The molecule has 7 nitrogen and oxygen atoms in total. The number of rotatable bonds is 5. The van der Waals surface area contributed by atoms with Crippen LogP contribution in [0.1, 0.15) is 53.0 Å². The van der Waals surface area contributed by atoms with Crippen molar-refractivity contribution in [3.8, 4) is 0 Å². The lowest BCUT2D eigenvalue weighted by Gasteiger charge is -2.31. The summed E-state index contributed by atoms with van der Waals surface area (Å²) in [7, 11) is 0. The molecule has 0 fully saturated rings. The van der Waals surface area contributed by atoms with Crippen LogP contribution < -0.4 is 5.32 Å². The second-order valence-electron chi connectivity index (χ2n) is 8.26. The minimum Gasteiger partial charge on any atom is -0.461 e. The van der Waals surface area contributed by atoms with Crippen molar-refractivity contribution >= 4 is 51.6 Å². The number of aromatic nitrogens is 3. The Balaban J connectivity index is 1.38. The number of ketones is 1. The molecule has 3 aromatic heterocycles. The number of benzene rings is 1. The van der Waals surface area contributed by atoms with E-state index in [0.717, 1.165) is 60.6 Å². The number of Topliss-reactive ketones (excluding diaryl/α,β-unsaturated/α-hetero) is 1. The van der Waals surface area contributed by atoms with Crippen molar-refractivity contribution in [1.29, 1.82) is 0 Å². The zero-order valence-corrected chi connectivity index (χ0v) is 20.1. The fraction of sp³-hybridized carbons (Fsp3) is 0.240. The number of imidazole rings is 1. The molecule has 6 rings (SSSR count). The van der Waals surface area contributed by atoms with Gasteiger partial charge in [-0.05, 0) is 55.8 Å². The number of para-hydroxylation sites is 2. The minimum absolute atomic E-state index is 0.170. The Bertz CT molecular complexity index is 1430. The van der Waals surface area contributed by atoms with E-state index in [4.69, 9.17) is 4.74 Å². The second kappa shape index (κ2) is 8.48. The molecule has 1 unspecified atom stereocenters. The SMILES string of the molecule is CCOC(=O)c1[nH]cc2c1NC1=C(C(=O)CCC1)C2c1ccc(Sc2nc3ccccc3[nH]2)s1. The molecule has 4 aromatic rings. The number of carbonyl (C=O) groups is 2. The van der Waals surface area contributed by atoms with Gasteiger partial charge in [0.15, 0.2) is 10.9 Å². The molecule has 1 aromatic carbocycles. The highest BCUT2D eigenvalue weighted by Crippen LogP contribution is 2.49. The number of thiophene rings is 1. The quantitative estimate of drug-likeness (QED) is 0.304. The summed E-state index contributed by atoms with van der Waals surface area (Å²) in [6.07, 6.45) is 3.98. The lowest BCUT2D eigenvalue weighted by Crippen LogP contribution is -2.26. The highest BCUT2D eigenvalue weighted by atomic mass is 32.2.